The van der Waals surface area contributed by atoms with Crippen LogP contribution in [0.5, 0.6) is 0 Å². The second-order valence-corrected chi connectivity index (χ2v) is 6.57. The Bertz CT molecular complexity index is 916. The number of nitrogens with one attached hydrogen (secondary N) is 2. The molecule has 2 atom stereocenters. The molecule has 1 aliphatic heterocycles. The van der Waals surface area contributed by atoms with E-state index in [2.05, 4.69) is 15.6 Å². The number of furan rings is 1. The normalized spacial score (nSPS) is 19.0. The van der Waals surface area contributed by atoms with Crippen LogP contribution in [0.4, 0.5) is 5.69 Å². The summed E-state index contributed by atoms with van der Waals surface area (Å²) in [6.45, 7) is 0.107. The van der Waals surface area contributed by atoms with Crippen molar-refractivity contribution in [2.45, 2.75) is 12.1 Å². The Balaban J connectivity index is 1.58. The zero-order chi connectivity index (χ0) is 18.6. The maximum atomic E-state index is 12.6. The van der Waals surface area contributed by atoms with Crippen molar-refractivity contribution >= 4 is 28.9 Å². The second kappa shape index (κ2) is 7.59. The van der Waals surface area contributed by atoms with Crippen LogP contribution in [0, 0.1) is 0 Å². The first kappa shape index (κ1) is 17.2. The highest BCUT2D eigenvalue weighted by Gasteiger charge is 2.42. The highest BCUT2D eigenvalue weighted by molar-refractivity contribution is 7.80. The summed E-state index contributed by atoms with van der Waals surface area (Å²) in [7, 11) is 0. The van der Waals surface area contributed by atoms with Gasteiger partial charge in [0.05, 0.1) is 18.0 Å². The third-order valence-corrected chi connectivity index (χ3v) is 4.76. The Morgan fingerprint density at radius 3 is 2.67 bits per heavy atom. The van der Waals surface area contributed by atoms with Crippen molar-refractivity contribution in [2.75, 3.05) is 11.9 Å². The van der Waals surface area contributed by atoms with Gasteiger partial charge in [-0.15, -0.1) is 0 Å². The van der Waals surface area contributed by atoms with Crippen molar-refractivity contribution in [1.82, 2.24) is 15.2 Å². The lowest BCUT2D eigenvalue weighted by Crippen LogP contribution is -2.36. The molecule has 3 aromatic rings. The number of anilines is 1. The molecule has 0 saturated carbocycles. The number of carbonyl (C=O) groups excluding carboxylic acids is 1. The van der Waals surface area contributed by atoms with Crippen LogP contribution in [-0.2, 0) is 4.79 Å². The van der Waals surface area contributed by atoms with Gasteiger partial charge in [-0.05, 0) is 48.6 Å². The fraction of sp³-hybridized carbons (Fsp3) is 0.150. The lowest BCUT2D eigenvalue weighted by Gasteiger charge is -2.25. The van der Waals surface area contributed by atoms with Crippen molar-refractivity contribution in [1.29, 1.82) is 0 Å². The van der Waals surface area contributed by atoms with E-state index in [-0.39, 0.29) is 24.5 Å². The van der Waals surface area contributed by atoms with E-state index in [1.54, 1.807) is 12.5 Å². The summed E-state index contributed by atoms with van der Waals surface area (Å²) in [5, 5.41) is 6.67. The Morgan fingerprint density at radius 2 is 1.96 bits per heavy atom. The average Bonchev–Trinajstić information content (AvgIpc) is 3.32. The Labute approximate surface area is 162 Å². The van der Waals surface area contributed by atoms with Gasteiger partial charge in [-0.25, -0.2) is 0 Å². The van der Waals surface area contributed by atoms with E-state index in [0.717, 1.165) is 17.1 Å². The van der Waals surface area contributed by atoms with E-state index >= 15 is 0 Å². The fourth-order valence-corrected chi connectivity index (χ4v) is 3.53. The molecule has 1 saturated heterocycles. The number of thiocarbonyl (C=S) groups is 1. The summed E-state index contributed by atoms with van der Waals surface area (Å²) in [5.41, 5.74) is 1.59. The molecule has 136 valence electrons. The molecule has 0 aliphatic carbocycles. The summed E-state index contributed by atoms with van der Waals surface area (Å²) >= 11 is 5.52. The van der Waals surface area contributed by atoms with Crippen molar-refractivity contribution in [3.63, 3.8) is 0 Å². The first-order chi connectivity index (χ1) is 13.2. The number of nitrogens with zero attached hydrogens (tertiary/aromatic N) is 2. The van der Waals surface area contributed by atoms with Gasteiger partial charge in [-0.2, -0.15) is 0 Å². The Morgan fingerprint density at radius 1 is 1.15 bits per heavy atom. The maximum Gasteiger partial charge on any atom is 0.244 e. The van der Waals surface area contributed by atoms with Gasteiger partial charge in [0.1, 0.15) is 18.3 Å². The number of para-hydroxylation sites is 1. The summed E-state index contributed by atoms with van der Waals surface area (Å²) in [4.78, 5) is 18.9. The second-order valence-electron chi connectivity index (χ2n) is 6.18. The topological polar surface area (TPSA) is 70.4 Å². The minimum atomic E-state index is -0.260. The van der Waals surface area contributed by atoms with Gasteiger partial charge in [-0.1, -0.05) is 24.3 Å². The molecule has 1 amide bonds. The molecule has 27 heavy (non-hydrogen) atoms. The van der Waals surface area contributed by atoms with Crippen LogP contribution in [0.2, 0.25) is 0 Å². The number of carbonyl (C=O) groups is 1. The smallest absolute Gasteiger partial charge is 0.244 e. The van der Waals surface area contributed by atoms with Gasteiger partial charge in [0.15, 0.2) is 5.11 Å². The van der Waals surface area contributed by atoms with Crippen molar-refractivity contribution in [3.8, 4) is 0 Å². The van der Waals surface area contributed by atoms with Crippen molar-refractivity contribution in [2.24, 2.45) is 0 Å². The zero-order valence-electron chi connectivity index (χ0n) is 14.4. The number of hydrogen-bond donors (Lipinski definition) is 2. The van der Waals surface area contributed by atoms with E-state index < -0.39 is 0 Å². The van der Waals surface area contributed by atoms with Crippen molar-refractivity contribution < 1.29 is 9.21 Å². The zero-order valence-corrected chi connectivity index (χ0v) is 15.2. The van der Waals surface area contributed by atoms with Gasteiger partial charge in [-0.3, -0.25) is 9.78 Å². The van der Waals surface area contributed by atoms with E-state index in [9.17, 15) is 4.79 Å². The van der Waals surface area contributed by atoms with Crippen LogP contribution in [0.1, 0.15) is 23.5 Å². The minimum absolute atomic E-state index is 0.107. The number of aromatic nitrogens is 1. The van der Waals surface area contributed by atoms with E-state index in [1.807, 2.05) is 65.6 Å². The van der Waals surface area contributed by atoms with Crippen LogP contribution < -0.4 is 10.6 Å². The molecule has 1 aromatic carbocycles. The monoisotopic (exact) mass is 378 g/mol. The molecule has 2 aromatic heterocycles. The van der Waals surface area contributed by atoms with Gasteiger partial charge in [0.25, 0.3) is 0 Å². The maximum absolute atomic E-state index is 12.6. The first-order valence-electron chi connectivity index (χ1n) is 8.59. The molecule has 2 N–H and O–H groups in total. The lowest BCUT2D eigenvalue weighted by molar-refractivity contribution is -0.116. The molecule has 1 fully saturated rings. The Kier molecular flexibility index (Phi) is 4.84. The molecule has 0 unspecified atom stereocenters. The van der Waals surface area contributed by atoms with Crippen LogP contribution in [0.25, 0.3) is 0 Å². The third-order valence-electron chi connectivity index (χ3n) is 4.40. The van der Waals surface area contributed by atoms with E-state index in [4.69, 9.17) is 16.6 Å². The summed E-state index contributed by atoms with van der Waals surface area (Å²) < 4.78 is 5.65. The van der Waals surface area contributed by atoms with Gasteiger partial charge < -0.3 is 20.0 Å². The number of rotatable bonds is 5. The SMILES string of the molecule is O=C(CN1C(=S)N[C@@H](c2ccccn2)[C@@H]1c1ccco1)Nc1ccccc1. The number of hydrogen-bond acceptors (Lipinski definition) is 4. The van der Waals surface area contributed by atoms with Crippen LogP contribution >= 0.6 is 12.2 Å². The van der Waals surface area contributed by atoms with Crippen LogP contribution in [0.15, 0.2) is 77.5 Å². The molecule has 6 nitrogen and oxygen atoms in total. The molecule has 3 heterocycles. The molecule has 4 rings (SSSR count). The number of pyridine rings is 1. The quantitative estimate of drug-likeness (QED) is 0.664. The highest BCUT2D eigenvalue weighted by atomic mass is 32.1. The molecule has 7 heteroatoms. The molecule has 0 radical (unpaired) electrons. The average molecular weight is 378 g/mol. The lowest BCUT2D eigenvalue weighted by atomic mass is 10.0. The van der Waals surface area contributed by atoms with E-state index in [0.29, 0.717) is 5.11 Å². The molecule has 1 aliphatic rings. The molecule has 0 bridgehead atoms. The fourth-order valence-electron chi connectivity index (χ4n) is 3.22. The Hall–Kier alpha value is -3.19. The van der Waals surface area contributed by atoms with Gasteiger partial charge in [0.2, 0.25) is 5.91 Å². The number of benzene rings is 1. The highest BCUT2D eigenvalue weighted by Crippen LogP contribution is 2.38. The largest absolute Gasteiger partial charge is 0.467 e. The van der Waals surface area contributed by atoms with Crippen LogP contribution in [-0.4, -0.2) is 27.4 Å². The third kappa shape index (κ3) is 3.68. The summed E-state index contributed by atoms with van der Waals surface area (Å²) in [6, 6.07) is 18.3. The molecular weight excluding hydrogens is 360 g/mol. The number of amides is 1. The first-order valence-corrected chi connectivity index (χ1v) is 8.99. The summed E-state index contributed by atoms with van der Waals surface area (Å²) in [5.74, 6) is 0.578. The standard InChI is InChI=1S/C20H18N4O2S/c25-17(22-14-7-2-1-3-8-14)13-24-19(16-10-6-12-26-16)18(23-20(24)27)15-9-4-5-11-21-15/h1-12,18-19H,13H2,(H,22,25)(H,23,27)/t18-,19-/m0/s1. The predicted octanol–water partition coefficient (Wildman–Crippen LogP) is 3.29. The van der Waals surface area contributed by atoms with Crippen molar-refractivity contribution in [3.05, 3.63) is 84.6 Å². The molecular formula is C20H18N4O2S. The summed E-state index contributed by atoms with van der Waals surface area (Å²) in [6.07, 6.45) is 3.36. The molecule has 0 spiro atoms. The van der Waals surface area contributed by atoms with Gasteiger partial charge in [0, 0.05) is 11.9 Å². The van der Waals surface area contributed by atoms with Gasteiger partial charge >= 0.3 is 0 Å². The minimum Gasteiger partial charge on any atom is -0.467 e. The van der Waals surface area contributed by atoms with E-state index in [1.165, 1.54) is 0 Å². The predicted molar refractivity (Wildman–Crippen MR) is 106 cm³/mol. The van der Waals surface area contributed by atoms with Crippen LogP contribution in [0.3, 0.4) is 0 Å².